The van der Waals surface area contributed by atoms with E-state index < -0.39 is 0 Å². The fraction of sp³-hybridized carbons (Fsp3) is 0.600. The Labute approximate surface area is 108 Å². The molecular formula is C10H14IN3O2. The van der Waals surface area contributed by atoms with Crippen LogP contribution in [-0.4, -0.2) is 34.9 Å². The molecule has 1 atom stereocenters. The number of nitrogens with one attached hydrogen (secondary N) is 1. The Morgan fingerprint density at radius 2 is 2.62 bits per heavy atom. The molecule has 1 N–H and O–H groups in total. The summed E-state index contributed by atoms with van der Waals surface area (Å²) < 4.78 is 7.90. The number of halogens is 1. The molecule has 0 radical (unpaired) electrons. The number of nitrogens with zero attached hydrogens (tertiary/aromatic N) is 2. The van der Waals surface area contributed by atoms with E-state index in [9.17, 15) is 4.79 Å². The summed E-state index contributed by atoms with van der Waals surface area (Å²) in [6.45, 7) is 1.39. The van der Waals surface area contributed by atoms with Crippen molar-refractivity contribution in [2.75, 3.05) is 13.2 Å². The largest absolute Gasteiger partial charge is 0.376 e. The van der Waals surface area contributed by atoms with Crippen LogP contribution in [0.25, 0.3) is 0 Å². The van der Waals surface area contributed by atoms with Gasteiger partial charge in [0.05, 0.1) is 15.9 Å². The fourth-order valence-corrected chi connectivity index (χ4v) is 2.48. The Balaban J connectivity index is 1.92. The number of hydrogen-bond acceptors (Lipinski definition) is 3. The van der Waals surface area contributed by atoms with Gasteiger partial charge in [-0.05, 0) is 35.4 Å². The molecule has 1 aromatic heterocycles. The summed E-state index contributed by atoms with van der Waals surface area (Å²) in [5, 5.41) is 6.91. The standard InChI is InChI=1S/C10H14IN3O2/c1-14-9(8(11)6-13-14)10(15)12-5-7-3-2-4-16-7/h6-7H,2-5H2,1H3,(H,12,15)/t7-/m0/s1. The van der Waals surface area contributed by atoms with Gasteiger partial charge >= 0.3 is 0 Å². The molecule has 1 aliphatic heterocycles. The minimum absolute atomic E-state index is 0.0834. The third kappa shape index (κ3) is 2.54. The SMILES string of the molecule is Cn1ncc(I)c1C(=O)NC[C@@H]1CCCO1. The quantitative estimate of drug-likeness (QED) is 0.837. The second-order valence-corrected chi connectivity index (χ2v) is 4.97. The molecule has 88 valence electrons. The van der Waals surface area contributed by atoms with Crippen molar-refractivity contribution in [2.45, 2.75) is 18.9 Å². The highest BCUT2D eigenvalue weighted by molar-refractivity contribution is 14.1. The number of amides is 1. The summed E-state index contributed by atoms with van der Waals surface area (Å²) in [7, 11) is 1.77. The van der Waals surface area contributed by atoms with E-state index >= 15 is 0 Å². The van der Waals surface area contributed by atoms with Crippen LogP contribution < -0.4 is 5.32 Å². The van der Waals surface area contributed by atoms with Crippen molar-refractivity contribution in [2.24, 2.45) is 7.05 Å². The van der Waals surface area contributed by atoms with Gasteiger partial charge in [-0.15, -0.1) is 0 Å². The normalized spacial score (nSPS) is 20.0. The maximum atomic E-state index is 11.9. The van der Waals surface area contributed by atoms with Crippen molar-refractivity contribution in [1.82, 2.24) is 15.1 Å². The molecule has 5 nitrogen and oxygen atoms in total. The summed E-state index contributed by atoms with van der Waals surface area (Å²) in [5.41, 5.74) is 0.610. The third-order valence-electron chi connectivity index (χ3n) is 2.62. The highest BCUT2D eigenvalue weighted by Gasteiger charge is 2.19. The van der Waals surface area contributed by atoms with E-state index in [1.165, 1.54) is 0 Å². The first kappa shape index (κ1) is 11.8. The lowest BCUT2D eigenvalue weighted by Crippen LogP contribution is -2.33. The number of ether oxygens (including phenoxy) is 1. The molecular weight excluding hydrogens is 321 g/mol. The molecule has 1 fully saturated rings. The summed E-state index contributed by atoms with van der Waals surface area (Å²) >= 11 is 2.11. The summed E-state index contributed by atoms with van der Waals surface area (Å²) in [6.07, 6.45) is 3.98. The molecule has 0 aliphatic carbocycles. The van der Waals surface area contributed by atoms with Crippen molar-refractivity contribution in [1.29, 1.82) is 0 Å². The molecule has 0 saturated carbocycles. The van der Waals surface area contributed by atoms with Crippen LogP contribution in [0.4, 0.5) is 0 Å². The highest BCUT2D eigenvalue weighted by atomic mass is 127. The molecule has 0 aromatic carbocycles. The molecule has 1 aromatic rings. The van der Waals surface area contributed by atoms with Crippen LogP contribution in [0, 0.1) is 3.57 Å². The summed E-state index contributed by atoms with van der Waals surface area (Å²) in [5.74, 6) is -0.0834. The molecule has 6 heteroatoms. The van der Waals surface area contributed by atoms with Crippen molar-refractivity contribution < 1.29 is 9.53 Å². The van der Waals surface area contributed by atoms with Gasteiger partial charge in [-0.2, -0.15) is 5.10 Å². The zero-order valence-electron chi connectivity index (χ0n) is 9.07. The van der Waals surface area contributed by atoms with Gasteiger partial charge in [-0.1, -0.05) is 0 Å². The monoisotopic (exact) mass is 335 g/mol. The number of aromatic nitrogens is 2. The number of rotatable bonds is 3. The third-order valence-corrected chi connectivity index (χ3v) is 3.41. The van der Waals surface area contributed by atoms with Gasteiger partial charge in [0.25, 0.3) is 5.91 Å². The van der Waals surface area contributed by atoms with E-state index in [4.69, 9.17) is 4.74 Å². The smallest absolute Gasteiger partial charge is 0.270 e. The van der Waals surface area contributed by atoms with E-state index in [2.05, 4.69) is 33.0 Å². The fourth-order valence-electron chi connectivity index (χ4n) is 1.76. The second kappa shape index (κ2) is 5.13. The molecule has 0 spiro atoms. The van der Waals surface area contributed by atoms with Crippen LogP contribution >= 0.6 is 22.6 Å². The van der Waals surface area contributed by atoms with E-state index in [0.717, 1.165) is 23.0 Å². The van der Waals surface area contributed by atoms with E-state index in [1.807, 2.05) is 0 Å². The van der Waals surface area contributed by atoms with Crippen molar-refractivity contribution in [3.05, 3.63) is 15.5 Å². The molecule has 0 unspecified atom stereocenters. The lowest BCUT2D eigenvalue weighted by Gasteiger charge is -2.10. The zero-order chi connectivity index (χ0) is 11.5. The maximum Gasteiger partial charge on any atom is 0.270 e. The van der Waals surface area contributed by atoms with Gasteiger partial charge in [-0.3, -0.25) is 9.48 Å². The second-order valence-electron chi connectivity index (χ2n) is 3.81. The Morgan fingerprint density at radius 3 is 3.19 bits per heavy atom. The molecule has 0 bridgehead atoms. The van der Waals surface area contributed by atoms with Gasteiger partial charge in [-0.25, -0.2) is 0 Å². The van der Waals surface area contributed by atoms with E-state index in [-0.39, 0.29) is 12.0 Å². The Bertz CT molecular complexity index is 366. The summed E-state index contributed by atoms with van der Waals surface area (Å²) in [6, 6.07) is 0. The van der Waals surface area contributed by atoms with Crippen molar-refractivity contribution in [3.8, 4) is 0 Å². The Kier molecular flexibility index (Phi) is 3.80. The van der Waals surface area contributed by atoms with Crippen molar-refractivity contribution in [3.63, 3.8) is 0 Å². The van der Waals surface area contributed by atoms with E-state index in [1.54, 1.807) is 17.9 Å². The zero-order valence-corrected chi connectivity index (χ0v) is 11.2. The van der Waals surface area contributed by atoms with Crippen LogP contribution in [0.2, 0.25) is 0 Å². The lowest BCUT2D eigenvalue weighted by molar-refractivity contribution is 0.0849. The summed E-state index contributed by atoms with van der Waals surface area (Å²) in [4.78, 5) is 11.9. The Hall–Kier alpha value is -0.630. The number of carbonyl (C=O) groups excluding carboxylic acids is 1. The van der Waals surface area contributed by atoms with E-state index in [0.29, 0.717) is 12.2 Å². The van der Waals surface area contributed by atoms with Gasteiger partial charge in [0.1, 0.15) is 5.69 Å². The van der Waals surface area contributed by atoms with Crippen LogP contribution in [-0.2, 0) is 11.8 Å². The van der Waals surface area contributed by atoms with Gasteiger partial charge in [0, 0.05) is 20.2 Å². The number of carbonyl (C=O) groups is 1. The average Bonchev–Trinajstić information content (AvgIpc) is 2.86. The van der Waals surface area contributed by atoms with Gasteiger partial charge in [0.2, 0.25) is 0 Å². The first-order valence-electron chi connectivity index (χ1n) is 5.26. The first-order valence-corrected chi connectivity index (χ1v) is 6.33. The minimum Gasteiger partial charge on any atom is -0.376 e. The van der Waals surface area contributed by atoms with Crippen LogP contribution in [0.3, 0.4) is 0 Å². The molecule has 2 heterocycles. The predicted molar refractivity (Wildman–Crippen MR) is 67.2 cm³/mol. The van der Waals surface area contributed by atoms with Gasteiger partial charge in [0.15, 0.2) is 0 Å². The predicted octanol–water partition coefficient (Wildman–Crippen LogP) is 0.933. The highest BCUT2D eigenvalue weighted by Crippen LogP contribution is 2.12. The molecule has 1 amide bonds. The van der Waals surface area contributed by atoms with Crippen molar-refractivity contribution >= 4 is 28.5 Å². The molecule has 1 saturated heterocycles. The number of aryl methyl sites for hydroxylation is 1. The molecule has 16 heavy (non-hydrogen) atoms. The van der Waals surface area contributed by atoms with Gasteiger partial charge < -0.3 is 10.1 Å². The molecule has 2 rings (SSSR count). The van der Waals surface area contributed by atoms with Crippen LogP contribution in [0.5, 0.6) is 0 Å². The minimum atomic E-state index is -0.0834. The average molecular weight is 335 g/mol. The lowest BCUT2D eigenvalue weighted by atomic mass is 10.2. The Morgan fingerprint density at radius 1 is 1.81 bits per heavy atom. The first-order chi connectivity index (χ1) is 7.68. The topological polar surface area (TPSA) is 56.2 Å². The molecule has 1 aliphatic rings. The van der Waals surface area contributed by atoms with Crippen LogP contribution in [0.15, 0.2) is 6.20 Å². The van der Waals surface area contributed by atoms with Crippen LogP contribution in [0.1, 0.15) is 23.3 Å². The number of hydrogen-bond donors (Lipinski definition) is 1. The maximum absolute atomic E-state index is 11.9.